The lowest BCUT2D eigenvalue weighted by Gasteiger charge is -2.08. The van der Waals surface area contributed by atoms with E-state index >= 15 is 0 Å². The highest BCUT2D eigenvalue weighted by atomic mass is 79.9. The molecule has 1 aromatic carbocycles. The van der Waals surface area contributed by atoms with Crippen LogP contribution in [0.4, 0.5) is 8.78 Å². The molecule has 0 aliphatic heterocycles. The number of aryl methyl sites for hydroxylation is 1. The highest BCUT2D eigenvalue weighted by Gasteiger charge is 2.26. The van der Waals surface area contributed by atoms with Gasteiger partial charge in [-0.3, -0.25) is 9.48 Å². The lowest BCUT2D eigenvalue weighted by Crippen LogP contribution is -2.14. The van der Waals surface area contributed by atoms with Gasteiger partial charge in [-0.2, -0.15) is 5.10 Å². The molecule has 0 radical (unpaired) electrons. The number of benzene rings is 1. The van der Waals surface area contributed by atoms with Gasteiger partial charge in [0.05, 0.1) is 18.9 Å². The summed E-state index contributed by atoms with van der Waals surface area (Å²) in [5, 5.41) is 3.95. The van der Waals surface area contributed by atoms with Crippen molar-refractivity contribution in [3.8, 4) is 5.75 Å². The van der Waals surface area contributed by atoms with Gasteiger partial charge in [0.15, 0.2) is 11.4 Å². The summed E-state index contributed by atoms with van der Waals surface area (Å²) >= 11 is 2.97. The highest BCUT2D eigenvalue weighted by molar-refractivity contribution is 9.10. The molecule has 1 aromatic heterocycles. The van der Waals surface area contributed by atoms with Crippen LogP contribution in [-0.2, 0) is 6.54 Å². The zero-order chi connectivity index (χ0) is 14.9. The average molecular weight is 345 g/mol. The van der Waals surface area contributed by atoms with E-state index in [1.165, 1.54) is 18.0 Å². The van der Waals surface area contributed by atoms with Crippen molar-refractivity contribution in [2.24, 2.45) is 0 Å². The van der Waals surface area contributed by atoms with Crippen LogP contribution in [-0.4, -0.2) is 22.7 Å². The minimum absolute atomic E-state index is 0.0233. The summed E-state index contributed by atoms with van der Waals surface area (Å²) in [5.41, 5.74) is -0.600. The second kappa shape index (κ2) is 5.70. The topological polar surface area (TPSA) is 44.1 Å². The van der Waals surface area contributed by atoms with Gasteiger partial charge in [-0.1, -0.05) is 15.9 Å². The van der Waals surface area contributed by atoms with E-state index in [2.05, 4.69) is 21.0 Å². The van der Waals surface area contributed by atoms with Crippen molar-refractivity contribution >= 4 is 21.7 Å². The minimum atomic E-state index is -0.937. The number of aromatic nitrogens is 2. The summed E-state index contributed by atoms with van der Waals surface area (Å²) < 4.78 is 34.3. The van der Waals surface area contributed by atoms with E-state index in [9.17, 15) is 13.6 Å². The maximum Gasteiger partial charge on any atom is 0.220 e. The number of methoxy groups -OCH3 is 1. The fourth-order valence-electron chi connectivity index (χ4n) is 1.86. The molecule has 2 rings (SSSR count). The Morgan fingerprint density at radius 3 is 2.50 bits per heavy atom. The Morgan fingerprint density at radius 1 is 1.40 bits per heavy atom. The quantitative estimate of drug-likeness (QED) is 0.800. The van der Waals surface area contributed by atoms with Crippen LogP contribution >= 0.6 is 15.9 Å². The number of hydrogen-bond acceptors (Lipinski definition) is 3. The van der Waals surface area contributed by atoms with Crippen LogP contribution in [0.25, 0.3) is 0 Å². The normalized spacial score (nSPS) is 10.7. The second-order valence-corrected chi connectivity index (χ2v) is 4.87. The first-order valence-electron chi connectivity index (χ1n) is 5.78. The molecule has 106 valence electrons. The van der Waals surface area contributed by atoms with Gasteiger partial charge in [-0.05, 0) is 19.1 Å². The van der Waals surface area contributed by atoms with E-state index in [1.54, 1.807) is 6.92 Å². The molecular weight excluding hydrogens is 334 g/mol. The van der Waals surface area contributed by atoms with Crippen molar-refractivity contribution in [1.82, 2.24) is 9.78 Å². The fraction of sp³-hybridized carbons (Fsp3) is 0.231. The Labute approximate surface area is 122 Å². The average Bonchev–Trinajstić information content (AvgIpc) is 2.79. The van der Waals surface area contributed by atoms with Crippen LogP contribution in [0.3, 0.4) is 0 Å². The van der Waals surface area contributed by atoms with Crippen LogP contribution in [0.1, 0.15) is 23.0 Å². The molecule has 0 aliphatic rings. The van der Waals surface area contributed by atoms with Gasteiger partial charge < -0.3 is 4.74 Å². The molecule has 0 unspecified atom stereocenters. The first-order valence-corrected chi connectivity index (χ1v) is 6.57. The zero-order valence-electron chi connectivity index (χ0n) is 10.8. The van der Waals surface area contributed by atoms with Crippen molar-refractivity contribution in [1.29, 1.82) is 0 Å². The molecule has 0 spiro atoms. The Bertz CT molecular complexity index is 626. The van der Waals surface area contributed by atoms with Gasteiger partial charge in [0.25, 0.3) is 0 Å². The third-order valence-corrected chi connectivity index (χ3v) is 3.23. The zero-order valence-corrected chi connectivity index (χ0v) is 12.4. The molecule has 0 saturated carbocycles. The molecular formula is C13H11BrF2N2O2. The van der Waals surface area contributed by atoms with E-state index in [1.807, 2.05) is 0 Å². The van der Waals surface area contributed by atoms with Crippen LogP contribution in [0.5, 0.6) is 5.75 Å². The largest absolute Gasteiger partial charge is 0.493 e. The van der Waals surface area contributed by atoms with Crippen molar-refractivity contribution in [2.45, 2.75) is 13.5 Å². The van der Waals surface area contributed by atoms with Crippen molar-refractivity contribution in [2.75, 3.05) is 7.11 Å². The number of carbonyl (C=O) groups excluding carboxylic acids is 1. The van der Waals surface area contributed by atoms with E-state index in [0.717, 1.165) is 12.1 Å². The van der Waals surface area contributed by atoms with Gasteiger partial charge in [0.2, 0.25) is 5.78 Å². The van der Waals surface area contributed by atoms with E-state index in [4.69, 9.17) is 4.74 Å². The number of ketones is 1. The van der Waals surface area contributed by atoms with Crippen LogP contribution in [0.15, 0.2) is 22.8 Å². The lowest BCUT2D eigenvalue weighted by molar-refractivity contribution is 0.101. The van der Waals surface area contributed by atoms with E-state index < -0.39 is 23.0 Å². The molecule has 0 saturated heterocycles. The first kappa shape index (κ1) is 14.6. The summed E-state index contributed by atoms with van der Waals surface area (Å²) in [4.78, 5) is 12.4. The molecule has 0 amide bonds. The Hall–Kier alpha value is -1.76. The summed E-state index contributed by atoms with van der Waals surface area (Å²) in [6.45, 7) is 2.14. The number of rotatable bonds is 4. The van der Waals surface area contributed by atoms with Crippen molar-refractivity contribution < 1.29 is 18.3 Å². The van der Waals surface area contributed by atoms with Gasteiger partial charge in [0.1, 0.15) is 11.6 Å². The van der Waals surface area contributed by atoms with Crippen LogP contribution < -0.4 is 4.74 Å². The summed E-state index contributed by atoms with van der Waals surface area (Å²) in [6.07, 6.45) is 1.34. The molecule has 0 N–H and O–H groups in total. The predicted molar refractivity (Wildman–Crippen MR) is 71.9 cm³/mol. The summed E-state index contributed by atoms with van der Waals surface area (Å²) in [5.74, 6) is -2.50. The number of hydrogen-bond donors (Lipinski definition) is 0. The Balaban J connectivity index is 2.60. The molecule has 1 heterocycles. The number of nitrogens with zero attached hydrogens (tertiary/aromatic N) is 2. The number of carbonyl (C=O) groups is 1. The highest BCUT2D eigenvalue weighted by Crippen LogP contribution is 2.26. The van der Waals surface area contributed by atoms with E-state index in [0.29, 0.717) is 6.54 Å². The first-order chi connectivity index (χ1) is 9.49. The number of ether oxygens (including phenoxy) is 1. The predicted octanol–water partition coefficient (Wildman–Crippen LogP) is 3.18. The second-order valence-electron chi connectivity index (χ2n) is 3.95. The molecule has 7 heteroatoms. The summed E-state index contributed by atoms with van der Waals surface area (Å²) in [7, 11) is 1.36. The van der Waals surface area contributed by atoms with Crippen LogP contribution in [0, 0.1) is 11.6 Å². The minimum Gasteiger partial charge on any atom is -0.493 e. The van der Waals surface area contributed by atoms with Crippen LogP contribution in [0.2, 0.25) is 0 Å². The molecule has 0 atom stereocenters. The molecule has 2 aromatic rings. The monoisotopic (exact) mass is 344 g/mol. The molecule has 0 fully saturated rings. The SMILES string of the molecule is CCn1ncc(OC)c1C(=O)c1c(F)cc(Br)cc1F. The smallest absolute Gasteiger partial charge is 0.220 e. The molecule has 0 bridgehead atoms. The molecule has 4 nitrogen and oxygen atoms in total. The molecule has 20 heavy (non-hydrogen) atoms. The maximum atomic E-state index is 13.9. The third-order valence-electron chi connectivity index (χ3n) is 2.77. The Kier molecular flexibility index (Phi) is 4.17. The summed E-state index contributed by atoms with van der Waals surface area (Å²) in [6, 6.07) is 2.07. The fourth-order valence-corrected chi connectivity index (χ4v) is 2.27. The van der Waals surface area contributed by atoms with Gasteiger partial charge >= 0.3 is 0 Å². The van der Waals surface area contributed by atoms with Gasteiger partial charge in [-0.25, -0.2) is 8.78 Å². The van der Waals surface area contributed by atoms with Gasteiger partial charge in [-0.15, -0.1) is 0 Å². The van der Waals surface area contributed by atoms with Crippen molar-refractivity contribution in [3.05, 3.63) is 45.7 Å². The lowest BCUT2D eigenvalue weighted by atomic mass is 10.1. The number of halogens is 3. The Morgan fingerprint density at radius 2 is 2.00 bits per heavy atom. The van der Waals surface area contributed by atoms with Crippen molar-refractivity contribution in [3.63, 3.8) is 0 Å². The van der Waals surface area contributed by atoms with Gasteiger partial charge in [0, 0.05) is 11.0 Å². The maximum absolute atomic E-state index is 13.9. The third kappa shape index (κ3) is 2.45. The molecule has 0 aliphatic carbocycles. The standard InChI is InChI=1S/C13H11BrF2N2O2/c1-3-18-12(10(20-2)6-17-18)13(19)11-8(15)4-7(14)5-9(11)16/h4-6H,3H2,1-2H3. The van der Waals surface area contributed by atoms with E-state index in [-0.39, 0.29) is 15.9 Å².